The van der Waals surface area contributed by atoms with Gasteiger partial charge in [-0.25, -0.2) is 0 Å². The zero-order valence-corrected chi connectivity index (χ0v) is 10.4. The molecule has 1 aliphatic rings. The molecule has 12 heavy (non-hydrogen) atoms. The van der Waals surface area contributed by atoms with E-state index in [0.29, 0.717) is 3.92 Å². The maximum atomic E-state index is 9.91. The second-order valence-electron chi connectivity index (χ2n) is 4.94. The molecule has 0 atom stereocenters. The maximum Gasteiger partial charge on any atom is 0.0420 e. The van der Waals surface area contributed by atoms with Crippen LogP contribution in [0.5, 0.6) is 0 Å². The van der Waals surface area contributed by atoms with Gasteiger partial charge in [0.25, 0.3) is 0 Å². The third-order valence-corrected chi connectivity index (χ3v) is 3.47. The van der Waals surface area contributed by atoms with Crippen molar-refractivity contribution in [1.29, 1.82) is 0 Å². The number of hydrogen-bond acceptors (Lipinski definition) is 2. The second kappa shape index (κ2) is 3.10. The standard InChI is InChI=1S/C9H18INO/c1-8(2)5-7(10)6-9(3,4)11(8)12/h7,12H,5-6H2,1-4H3. The van der Waals surface area contributed by atoms with Crippen LogP contribution in [0.15, 0.2) is 0 Å². The molecule has 1 heterocycles. The Morgan fingerprint density at radius 1 is 1.17 bits per heavy atom. The summed E-state index contributed by atoms with van der Waals surface area (Å²) in [7, 11) is 0. The lowest BCUT2D eigenvalue weighted by Gasteiger charge is -2.50. The summed E-state index contributed by atoms with van der Waals surface area (Å²) in [5.41, 5.74) is -0.152. The number of alkyl halides is 1. The molecule has 0 aromatic rings. The van der Waals surface area contributed by atoms with Crippen LogP contribution in [0.3, 0.4) is 0 Å². The fourth-order valence-electron chi connectivity index (χ4n) is 2.15. The van der Waals surface area contributed by atoms with Gasteiger partial charge in [0.05, 0.1) is 0 Å². The van der Waals surface area contributed by atoms with Crippen molar-refractivity contribution < 1.29 is 5.21 Å². The molecule has 1 rings (SSSR count). The van der Waals surface area contributed by atoms with Crippen LogP contribution in [0.25, 0.3) is 0 Å². The Morgan fingerprint density at radius 2 is 1.50 bits per heavy atom. The van der Waals surface area contributed by atoms with Gasteiger partial charge in [0.1, 0.15) is 0 Å². The SMILES string of the molecule is CC1(C)CC(I)CC(C)(C)N1O. The van der Waals surface area contributed by atoms with E-state index in [1.54, 1.807) is 0 Å². The van der Waals surface area contributed by atoms with E-state index >= 15 is 0 Å². The van der Waals surface area contributed by atoms with Gasteiger partial charge < -0.3 is 5.21 Å². The minimum atomic E-state index is -0.0758. The van der Waals surface area contributed by atoms with Gasteiger partial charge in [0.2, 0.25) is 0 Å². The van der Waals surface area contributed by atoms with E-state index in [2.05, 4.69) is 50.3 Å². The Balaban J connectivity index is 2.84. The van der Waals surface area contributed by atoms with Crippen molar-refractivity contribution in [2.24, 2.45) is 0 Å². The fourth-order valence-corrected chi connectivity index (χ4v) is 4.30. The number of nitrogens with zero attached hydrogens (tertiary/aromatic N) is 1. The van der Waals surface area contributed by atoms with E-state index in [4.69, 9.17) is 0 Å². The molecule has 1 fully saturated rings. The summed E-state index contributed by atoms with van der Waals surface area (Å²) in [6.07, 6.45) is 2.13. The van der Waals surface area contributed by atoms with Crippen LogP contribution < -0.4 is 0 Å². The van der Waals surface area contributed by atoms with E-state index in [0.717, 1.165) is 12.8 Å². The highest BCUT2D eigenvalue weighted by atomic mass is 127. The van der Waals surface area contributed by atoms with Crippen LogP contribution in [0.1, 0.15) is 40.5 Å². The monoisotopic (exact) mass is 283 g/mol. The molecule has 1 N–H and O–H groups in total. The van der Waals surface area contributed by atoms with Crippen LogP contribution >= 0.6 is 22.6 Å². The largest absolute Gasteiger partial charge is 0.313 e. The maximum absolute atomic E-state index is 9.91. The van der Waals surface area contributed by atoms with Crippen LogP contribution in [0.4, 0.5) is 0 Å². The molecule has 0 aromatic carbocycles. The van der Waals surface area contributed by atoms with E-state index in [1.165, 1.54) is 5.06 Å². The van der Waals surface area contributed by atoms with E-state index in [9.17, 15) is 5.21 Å². The van der Waals surface area contributed by atoms with Gasteiger partial charge in [-0.1, -0.05) is 22.6 Å². The van der Waals surface area contributed by atoms with E-state index < -0.39 is 0 Å². The highest BCUT2D eigenvalue weighted by Gasteiger charge is 2.43. The van der Waals surface area contributed by atoms with Crippen LogP contribution in [-0.4, -0.2) is 25.3 Å². The molecule has 1 aliphatic heterocycles. The summed E-state index contributed by atoms with van der Waals surface area (Å²) in [5, 5.41) is 11.4. The van der Waals surface area contributed by atoms with E-state index in [-0.39, 0.29) is 11.1 Å². The third kappa shape index (κ3) is 1.93. The van der Waals surface area contributed by atoms with Crippen molar-refractivity contribution in [3.63, 3.8) is 0 Å². The van der Waals surface area contributed by atoms with Crippen molar-refractivity contribution in [1.82, 2.24) is 5.06 Å². The van der Waals surface area contributed by atoms with Crippen molar-refractivity contribution in [3.8, 4) is 0 Å². The minimum Gasteiger partial charge on any atom is -0.313 e. The highest BCUT2D eigenvalue weighted by Crippen LogP contribution is 2.39. The molecule has 0 aromatic heterocycles. The molecule has 0 radical (unpaired) electrons. The summed E-state index contributed by atoms with van der Waals surface area (Å²) in [6, 6.07) is 0. The smallest absolute Gasteiger partial charge is 0.0420 e. The Hall–Kier alpha value is 0.650. The number of hydrogen-bond donors (Lipinski definition) is 1. The predicted molar refractivity (Wildman–Crippen MR) is 58.8 cm³/mol. The molecule has 0 spiro atoms. The Labute approximate surface area is 88.4 Å². The first-order valence-corrected chi connectivity index (χ1v) is 5.63. The van der Waals surface area contributed by atoms with Crippen molar-refractivity contribution in [2.45, 2.75) is 55.5 Å². The fraction of sp³-hybridized carbons (Fsp3) is 1.00. The summed E-state index contributed by atoms with van der Waals surface area (Å²) < 4.78 is 0.677. The molecule has 0 saturated carbocycles. The number of rotatable bonds is 0. The molecular weight excluding hydrogens is 265 g/mol. The Morgan fingerprint density at radius 3 is 1.83 bits per heavy atom. The summed E-state index contributed by atoms with van der Waals surface area (Å²) >= 11 is 2.48. The zero-order valence-electron chi connectivity index (χ0n) is 8.26. The van der Waals surface area contributed by atoms with Crippen molar-refractivity contribution in [3.05, 3.63) is 0 Å². The summed E-state index contributed by atoms with van der Waals surface area (Å²) in [4.78, 5) is 0. The first-order chi connectivity index (χ1) is 5.26. The minimum absolute atomic E-state index is 0.0758. The summed E-state index contributed by atoms with van der Waals surface area (Å²) in [6.45, 7) is 8.39. The van der Waals surface area contributed by atoms with Gasteiger partial charge in [-0.3, -0.25) is 0 Å². The third-order valence-electron chi connectivity index (χ3n) is 2.59. The van der Waals surface area contributed by atoms with Crippen molar-refractivity contribution in [2.75, 3.05) is 0 Å². The second-order valence-corrected chi connectivity index (χ2v) is 6.70. The first-order valence-electron chi connectivity index (χ1n) is 4.39. The van der Waals surface area contributed by atoms with Gasteiger partial charge in [-0.2, -0.15) is 5.06 Å². The van der Waals surface area contributed by atoms with Crippen LogP contribution in [-0.2, 0) is 0 Å². The lowest BCUT2D eigenvalue weighted by molar-refractivity contribution is -0.239. The van der Waals surface area contributed by atoms with Crippen LogP contribution in [0.2, 0.25) is 0 Å². The average molecular weight is 283 g/mol. The average Bonchev–Trinajstić information content (AvgIpc) is 1.80. The molecule has 3 heteroatoms. The molecule has 0 unspecified atom stereocenters. The van der Waals surface area contributed by atoms with Gasteiger partial charge in [0, 0.05) is 15.0 Å². The van der Waals surface area contributed by atoms with Gasteiger partial charge in [-0.05, 0) is 40.5 Å². The normalized spacial score (nSPS) is 30.5. The van der Waals surface area contributed by atoms with Crippen molar-refractivity contribution >= 4 is 22.6 Å². The Kier molecular flexibility index (Phi) is 2.77. The molecule has 0 bridgehead atoms. The van der Waals surface area contributed by atoms with Gasteiger partial charge >= 0.3 is 0 Å². The lowest BCUT2D eigenvalue weighted by Crippen LogP contribution is -2.59. The quantitative estimate of drug-likeness (QED) is 0.546. The lowest BCUT2D eigenvalue weighted by atomic mass is 9.82. The molecule has 0 amide bonds. The number of piperidine rings is 1. The Bertz CT molecular complexity index is 161. The molecule has 72 valence electrons. The highest BCUT2D eigenvalue weighted by molar-refractivity contribution is 14.1. The van der Waals surface area contributed by atoms with Gasteiger partial charge in [0.15, 0.2) is 0 Å². The van der Waals surface area contributed by atoms with E-state index in [1.807, 2.05) is 0 Å². The predicted octanol–water partition coefficient (Wildman–Crippen LogP) is 2.83. The molecule has 1 saturated heterocycles. The first kappa shape index (κ1) is 10.7. The molecular formula is C9H18INO. The van der Waals surface area contributed by atoms with Gasteiger partial charge in [-0.15, -0.1) is 0 Å². The summed E-state index contributed by atoms with van der Waals surface area (Å²) in [5.74, 6) is 0. The molecule has 2 nitrogen and oxygen atoms in total. The number of hydroxylamine groups is 2. The zero-order chi connectivity index (χ0) is 9.57. The van der Waals surface area contributed by atoms with Crippen LogP contribution in [0, 0.1) is 0 Å². The number of halogens is 1. The molecule has 0 aliphatic carbocycles. The topological polar surface area (TPSA) is 23.5 Å².